The van der Waals surface area contributed by atoms with E-state index in [0.717, 1.165) is 13.1 Å². The maximum Gasteiger partial charge on any atom is 0.0402 e. The van der Waals surface area contributed by atoms with Crippen molar-refractivity contribution in [2.75, 3.05) is 18.0 Å². The van der Waals surface area contributed by atoms with E-state index in [-0.39, 0.29) is 0 Å². The minimum absolute atomic E-state index is 0.644. The lowest BCUT2D eigenvalue weighted by Crippen LogP contribution is -2.39. The van der Waals surface area contributed by atoms with Crippen LogP contribution in [0.3, 0.4) is 0 Å². The average molecular weight is 246 g/mol. The lowest BCUT2D eigenvalue weighted by atomic mass is 10.1. The molecule has 1 heterocycles. The molecule has 0 spiro atoms. The smallest absolute Gasteiger partial charge is 0.0402 e. The summed E-state index contributed by atoms with van der Waals surface area (Å²) in [5.41, 5.74) is 2.95. The summed E-state index contributed by atoms with van der Waals surface area (Å²) in [6.45, 7) is 9.06. The van der Waals surface area contributed by atoms with Crippen molar-refractivity contribution in [1.29, 1.82) is 0 Å². The highest BCUT2D eigenvalue weighted by molar-refractivity contribution is 5.59. The summed E-state index contributed by atoms with van der Waals surface area (Å²) < 4.78 is 0. The molecule has 0 fully saturated rings. The maximum atomic E-state index is 3.66. The van der Waals surface area contributed by atoms with E-state index in [4.69, 9.17) is 0 Å². The second-order valence-electron chi connectivity index (χ2n) is 5.34. The molecular formula is C16H26N2. The molecule has 2 heteroatoms. The van der Waals surface area contributed by atoms with E-state index < -0.39 is 0 Å². The topological polar surface area (TPSA) is 15.3 Å². The lowest BCUT2D eigenvalue weighted by Gasteiger charge is -2.26. The largest absolute Gasteiger partial charge is 0.367 e. The molecule has 0 radical (unpaired) electrons. The zero-order valence-corrected chi connectivity index (χ0v) is 11.9. The summed E-state index contributed by atoms with van der Waals surface area (Å²) in [4.78, 5) is 2.55. The van der Waals surface area contributed by atoms with Crippen LogP contribution in [-0.2, 0) is 6.42 Å². The van der Waals surface area contributed by atoms with E-state index >= 15 is 0 Å². The summed E-state index contributed by atoms with van der Waals surface area (Å²) in [5.74, 6) is 0. The minimum atomic E-state index is 0.644. The Balaban J connectivity index is 1.90. The predicted octanol–water partition coefficient (Wildman–Crippen LogP) is 3.22. The number of fused-ring (bicyclic) bond motifs is 1. The molecule has 0 amide bonds. The number of hydrogen-bond donors (Lipinski definition) is 1. The van der Waals surface area contributed by atoms with Crippen molar-refractivity contribution in [3.8, 4) is 0 Å². The Morgan fingerprint density at radius 1 is 1.28 bits per heavy atom. The fraction of sp³-hybridized carbons (Fsp3) is 0.625. The maximum absolute atomic E-state index is 3.66. The third-order valence-corrected chi connectivity index (χ3v) is 4.12. The molecule has 0 saturated carbocycles. The lowest BCUT2D eigenvalue weighted by molar-refractivity contribution is 0.482. The first kappa shape index (κ1) is 13.4. The Morgan fingerprint density at radius 3 is 2.72 bits per heavy atom. The highest BCUT2D eigenvalue weighted by Gasteiger charge is 2.24. The van der Waals surface area contributed by atoms with Crippen molar-refractivity contribution in [3.05, 3.63) is 29.8 Å². The van der Waals surface area contributed by atoms with Gasteiger partial charge >= 0.3 is 0 Å². The molecule has 1 aliphatic rings. The number of nitrogens with zero attached hydrogens (tertiary/aromatic N) is 1. The molecule has 2 rings (SSSR count). The van der Waals surface area contributed by atoms with Crippen LogP contribution in [0.2, 0.25) is 0 Å². The average Bonchev–Trinajstić information content (AvgIpc) is 2.71. The summed E-state index contributed by atoms with van der Waals surface area (Å²) in [6, 6.07) is 10.1. The van der Waals surface area contributed by atoms with Gasteiger partial charge in [0.25, 0.3) is 0 Å². The van der Waals surface area contributed by atoms with Crippen molar-refractivity contribution in [3.63, 3.8) is 0 Å². The minimum Gasteiger partial charge on any atom is -0.367 e. The molecule has 1 unspecified atom stereocenters. The van der Waals surface area contributed by atoms with Crippen LogP contribution in [0.15, 0.2) is 24.3 Å². The van der Waals surface area contributed by atoms with Crippen molar-refractivity contribution < 1.29 is 0 Å². The van der Waals surface area contributed by atoms with Gasteiger partial charge in [-0.15, -0.1) is 0 Å². The standard InChI is InChI=1S/C16H26N2/c1-4-15(5-2)17-10-11-18-13(3)12-14-8-6-7-9-16(14)18/h6-9,13,15,17H,4-5,10-12H2,1-3H3. The van der Waals surface area contributed by atoms with Gasteiger partial charge in [-0.3, -0.25) is 0 Å². The number of nitrogens with one attached hydrogen (secondary N) is 1. The van der Waals surface area contributed by atoms with E-state index in [1.807, 2.05) is 0 Å². The van der Waals surface area contributed by atoms with Gasteiger partial charge in [0.15, 0.2) is 0 Å². The highest BCUT2D eigenvalue weighted by Crippen LogP contribution is 2.31. The van der Waals surface area contributed by atoms with Gasteiger partial charge in [-0.25, -0.2) is 0 Å². The summed E-state index contributed by atoms with van der Waals surface area (Å²) in [5, 5.41) is 3.66. The van der Waals surface area contributed by atoms with Gasteiger partial charge in [-0.2, -0.15) is 0 Å². The molecule has 0 saturated heterocycles. The van der Waals surface area contributed by atoms with Crippen molar-refractivity contribution in [2.45, 2.75) is 52.1 Å². The molecule has 2 nitrogen and oxygen atoms in total. The van der Waals surface area contributed by atoms with Crippen LogP contribution in [0.1, 0.15) is 39.2 Å². The Morgan fingerprint density at radius 2 is 2.00 bits per heavy atom. The number of benzene rings is 1. The van der Waals surface area contributed by atoms with Crippen LogP contribution >= 0.6 is 0 Å². The fourth-order valence-electron chi connectivity index (χ4n) is 2.94. The van der Waals surface area contributed by atoms with E-state index in [2.05, 4.69) is 55.3 Å². The fourth-order valence-corrected chi connectivity index (χ4v) is 2.94. The van der Waals surface area contributed by atoms with Gasteiger partial charge in [-0.05, 0) is 37.8 Å². The molecule has 1 aromatic carbocycles. The SMILES string of the molecule is CCC(CC)NCCN1c2ccccc2CC1C. The highest BCUT2D eigenvalue weighted by atomic mass is 15.2. The van der Waals surface area contributed by atoms with Crippen LogP contribution in [0, 0.1) is 0 Å². The molecule has 100 valence electrons. The van der Waals surface area contributed by atoms with Gasteiger partial charge in [0.05, 0.1) is 0 Å². The van der Waals surface area contributed by atoms with Crippen LogP contribution < -0.4 is 10.2 Å². The molecule has 18 heavy (non-hydrogen) atoms. The summed E-state index contributed by atoms with van der Waals surface area (Å²) >= 11 is 0. The molecule has 1 aromatic rings. The van der Waals surface area contributed by atoms with Crippen LogP contribution in [0.25, 0.3) is 0 Å². The Kier molecular flexibility index (Phi) is 4.65. The first-order chi connectivity index (χ1) is 8.76. The predicted molar refractivity (Wildman–Crippen MR) is 79.3 cm³/mol. The quantitative estimate of drug-likeness (QED) is 0.829. The van der Waals surface area contributed by atoms with Gasteiger partial charge in [0.2, 0.25) is 0 Å². The zero-order valence-electron chi connectivity index (χ0n) is 11.9. The number of hydrogen-bond acceptors (Lipinski definition) is 2. The van der Waals surface area contributed by atoms with Crippen LogP contribution in [-0.4, -0.2) is 25.2 Å². The third-order valence-electron chi connectivity index (χ3n) is 4.12. The van der Waals surface area contributed by atoms with Crippen molar-refractivity contribution >= 4 is 5.69 Å². The van der Waals surface area contributed by atoms with E-state index in [0.29, 0.717) is 12.1 Å². The first-order valence-electron chi connectivity index (χ1n) is 7.34. The molecule has 1 N–H and O–H groups in total. The molecule has 1 atom stereocenters. The Hall–Kier alpha value is -1.02. The van der Waals surface area contributed by atoms with Gasteiger partial charge in [-0.1, -0.05) is 32.0 Å². The van der Waals surface area contributed by atoms with E-state index in [1.165, 1.54) is 30.5 Å². The molecule has 0 bridgehead atoms. The van der Waals surface area contributed by atoms with Crippen molar-refractivity contribution in [1.82, 2.24) is 5.32 Å². The Labute approximate surface area is 111 Å². The van der Waals surface area contributed by atoms with Gasteiger partial charge in [0, 0.05) is 30.9 Å². The normalized spacial score (nSPS) is 18.4. The summed E-state index contributed by atoms with van der Waals surface area (Å²) in [6.07, 6.45) is 3.65. The number of para-hydroxylation sites is 1. The van der Waals surface area contributed by atoms with Crippen molar-refractivity contribution in [2.24, 2.45) is 0 Å². The van der Waals surface area contributed by atoms with Crippen LogP contribution in [0.5, 0.6) is 0 Å². The summed E-state index contributed by atoms with van der Waals surface area (Å²) in [7, 11) is 0. The molecule has 1 aliphatic heterocycles. The van der Waals surface area contributed by atoms with Gasteiger partial charge < -0.3 is 10.2 Å². The third kappa shape index (κ3) is 2.86. The first-order valence-corrected chi connectivity index (χ1v) is 7.34. The molecular weight excluding hydrogens is 220 g/mol. The Bertz CT molecular complexity index is 371. The molecule has 0 aromatic heterocycles. The van der Waals surface area contributed by atoms with E-state index in [9.17, 15) is 0 Å². The number of anilines is 1. The van der Waals surface area contributed by atoms with E-state index in [1.54, 1.807) is 0 Å². The monoisotopic (exact) mass is 246 g/mol. The number of rotatable bonds is 6. The molecule has 0 aliphatic carbocycles. The second-order valence-corrected chi connectivity index (χ2v) is 5.34. The van der Waals surface area contributed by atoms with Crippen LogP contribution in [0.4, 0.5) is 5.69 Å². The second kappa shape index (κ2) is 6.24. The zero-order chi connectivity index (χ0) is 13.0. The van der Waals surface area contributed by atoms with Gasteiger partial charge in [0.1, 0.15) is 0 Å².